The number of carbonyl (C=O) groups excluding carboxylic acids is 1. The molecular weight excluding hydrogens is 352 g/mol. The zero-order valence-corrected chi connectivity index (χ0v) is 16.0. The van der Waals surface area contributed by atoms with Crippen LogP contribution in [0.25, 0.3) is 0 Å². The first-order chi connectivity index (χ1) is 12.1. The Labute approximate surface area is 154 Å². The highest BCUT2D eigenvalue weighted by Gasteiger charge is 2.13. The summed E-state index contributed by atoms with van der Waals surface area (Å²) in [6.07, 6.45) is 0. The van der Waals surface area contributed by atoms with Crippen LogP contribution in [-0.2, 0) is 26.8 Å². The Bertz CT molecular complexity index is 852. The van der Waals surface area contributed by atoms with Crippen LogP contribution in [0.4, 0.5) is 0 Å². The molecule has 0 heterocycles. The fraction of sp³-hybridized carbons (Fsp3) is 0.316. The summed E-state index contributed by atoms with van der Waals surface area (Å²) in [5.41, 5.74) is 2.02. The third-order valence-electron chi connectivity index (χ3n) is 3.83. The molecule has 7 heteroatoms. The van der Waals surface area contributed by atoms with Crippen molar-refractivity contribution < 1.29 is 17.9 Å². The molecule has 1 amide bonds. The number of nitrogens with one attached hydrogen (secondary N) is 1. The molecule has 140 valence electrons. The molecule has 6 nitrogen and oxygen atoms in total. The number of sulfonamides is 1. The molecule has 2 aromatic carbocycles. The molecular formula is C19H24N2O4S. The zero-order chi connectivity index (χ0) is 19.4. The average molecular weight is 376 g/mol. The van der Waals surface area contributed by atoms with E-state index in [2.05, 4.69) is 26.1 Å². The van der Waals surface area contributed by atoms with Gasteiger partial charge in [-0.2, -0.15) is 0 Å². The highest BCUT2D eigenvalue weighted by molar-refractivity contribution is 7.89. The number of carbonyl (C=O) groups is 1. The van der Waals surface area contributed by atoms with Gasteiger partial charge in [-0.3, -0.25) is 4.79 Å². The lowest BCUT2D eigenvalue weighted by Gasteiger charge is -2.19. The summed E-state index contributed by atoms with van der Waals surface area (Å²) in [5, 5.41) is 7.76. The van der Waals surface area contributed by atoms with Crippen molar-refractivity contribution in [1.29, 1.82) is 0 Å². The molecule has 2 rings (SSSR count). The van der Waals surface area contributed by atoms with E-state index in [1.165, 1.54) is 17.7 Å². The molecule has 0 spiro atoms. The van der Waals surface area contributed by atoms with Crippen LogP contribution in [0, 0.1) is 0 Å². The Morgan fingerprint density at radius 2 is 1.62 bits per heavy atom. The van der Waals surface area contributed by atoms with E-state index in [-0.39, 0.29) is 29.4 Å². The molecule has 0 aliphatic rings. The van der Waals surface area contributed by atoms with Gasteiger partial charge in [-0.05, 0) is 40.8 Å². The van der Waals surface area contributed by atoms with Gasteiger partial charge >= 0.3 is 0 Å². The number of rotatable bonds is 6. The van der Waals surface area contributed by atoms with Crippen molar-refractivity contribution in [3.8, 4) is 5.75 Å². The quantitative estimate of drug-likeness (QED) is 0.808. The Balaban J connectivity index is 1.82. The highest BCUT2D eigenvalue weighted by atomic mass is 32.2. The molecule has 0 aromatic heterocycles. The van der Waals surface area contributed by atoms with Gasteiger partial charge in [-0.15, -0.1) is 0 Å². The van der Waals surface area contributed by atoms with Gasteiger partial charge in [0.05, 0.1) is 4.90 Å². The molecule has 0 saturated carbocycles. The molecule has 2 aromatic rings. The van der Waals surface area contributed by atoms with Crippen molar-refractivity contribution in [3.05, 3.63) is 59.7 Å². The molecule has 0 atom stereocenters. The van der Waals surface area contributed by atoms with Crippen molar-refractivity contribution in [2.24, 2.45) is 5.14 Å². The van der Waals surface area contributed by atoms with E-state index in [9.17, 15) is 13.2 Å². The van der Waals surface area contributed by atoms with Crippen LogP contribution in [0.15, 0.2) is 53.4 Å². The molecule has 0 bridgehead atoms. The Morgan fingerprint density at radius 1 is 1.04 bits per heavy atom. The molecule has 0 fully saturated rings. The topological polar surface area (TPSA) is 98.5 Å². The van der Waals surface area contributed by atoms with Crippen molar-refractivity contribution in [2.75, 3.05) is 6.61 Å². The van der Waals surface area contributed by atoms with Gasteiger partial charge in [0, 0.05) is 6.54 Å². The standard InChI is InChI=1S/C19H24N2O4S/c1-19(2,3)15-6-8-16(9-7-15)25-13-18(22)21-12-14-4-10-17(11-5-14)26(20,23)24/h4-11H,12-13H2,1-3H3,(H,21,22)(H2,20,23,24). The first-order valence-electron chi connectivity index (χ1n) is 8.17. The first-order valence-corrected chi connectivity index (χ1v) is 9.72. The van der Waals surface area contributed by atoms with Gasteiger partial charge in [0.15, 0.2) is 6.61 Å². The lowest BCUT2D eigenvalue weighted by Crippen LogP contribution is -2.28. The van der Waals surface area contributed by atoms with Crippen molar-refractivity contribution >= 4 is 15.9 Å². The summed E-state index contributed by atoms with van der Waals surface area (Å²) in [7, 11) is -3.71. The van der Waals surface area contributed by atoms with Gasteiger partial charge in [0.2, 0.25) is 10.0 Å². The van der Waals surface area contributed by atoms with Crippen LogP contribution in [0.3, 0.4) is 0 Å². The number of hydrogen-bond acceptors (Lipinski definition) is 4. The van der Waals surface area contributed by atoms with Crippen LogP contribution >= 0.6 is 0 Å². The zero-order valence-electron chi connectivity index (χ0n) is 15.2. The SMILES string of the molecule is CC(C)(C)c1ccc(OCC(=O)NCc2ccc(S(N)(=O)=O)cc2)cc1. The largest absolute Gasteiger partial charge is 0.484 e. The molecule has 26 heavy (non-hydrogen) atoms. The second-order valence-electron chi connectivity index (χ2n) is 7.03. The van der Waals surface area contributed by atoms with Crippen LogP contribution in [0.5, 0.6) is 5.75 Å². The normalized spacial score (nSPS) is 11.8. The van der Waals surface area contributed by atoms with Gasteiger partial charge < -0.3 is 10.1 Å². The minimum absolute atomic E-state index is 0.0367. The van der Waals surface area contributed by atoms with E-state index < -0.39 is 10.0 Å². The average Bonchev–Trinajstić information content (AvgIpc) is 2.57. The van der Waals surface area contributed by atoms with E-state index in [1.54, 1.807) is 12.1 Å². The Kier molecular flexibility index (Phi) is 6.05. The molecule has 0 unspecified atom stereocenters. The van der Waals surface area contributed by atoms with Crippen LogP contribution in [-0.4, -0.2) is 20.9 Å². The van der Waals surface area contributed by atoms with E-state index in [0.717, 1.165) is 5.56 Å². The number of hydrogen-bond donors (Lipinski definition) is 2. The van der Waals surface area contributed by atoms with Gasteiger partial charge in [-0.25, -0.2) is 13.6 Å². The number of primary sulfonamides is 1. The molecule has 0 saturated heterocycles. The molecule has 3 N–H and O–H groups in total. The first kappa shape index (κ1) is 19.9. The van der Waals surface area contributed by atoms with E-state index in [0.29, 0.717) is 5.75 Å². The maximum Gasteiger partial charge on any atom is 0.258 e. The Morgan fingerprint density at radius 3 is 2.12 bits per heavy atom. The Hall–Kier alpha value is -2.38. The van der Waals surface area contributed by atoms with E-state index in [1.807, 2.05) is 24.3 Å². The number of benzene rings is 2. The summed E-state index contributed by atoms with van der Waals surface area (Å²) in [5.74, 6) is 0.367. The summed E-state index contributed by atoms with van der Waals surface area (Å²) < 4.78 is 27.9. The second-order valence-corrected chi connectivity index (χ2v) is 8.59. The maximum atomic E-state index is 11.9. The smallest absolute Gasteiger partial charge is 0.258 e. The fourth-order valence-corrected chi connectivity index (χ4v) is 2.76. The van der Waals surface area contributed by atoms with Crippen molar-refractivity contribution in [1.82, 2.24) is 5.32 Å². The summed E-state index contributed by atoms with van der Waals surface area (Å²) in [6.45, 7) is 6.57. The molecule has 0 aliphatic heterocycles. The van der Waals surface area contributed by atoms with E-state index >= 15 is 0 Å². The minimum Gasteiger partial charge on any atom is -0.484 e. The van der Waals surface area contributed by atoms with Crippen molar-refractivity contribution in [2.45, 2.75) is 37.6 Å². The lowest BCUT2D eigenvalue weighted by atomic mass is 9.87. The molecule has 0 radical (unpaired) electrons. The predicted molar refractivity (Wildman–Crippen MR) is 100 cm³/mol. The second kappa shape index (κ2) is 7.88. The van der Waals surface area contributed by atoms with Gasteiger partial charge in [0.1, 0.15) is 5.75 Å². The third kappa shape index (κ3) is 5.86. The summed E-state index contributed by atoms with van der Waals surface area (Å²) >= 11 is 0. The maximum absolute atomic E-state index is 11.9. The predicted octanol–water partition coefficient (Wildman–Crippen LogP) is 2.33. The van der Waals surface area contributed by atoms with Gasteiger partial charge in [0.25, 0.3) is 5.91 Å². The number of amides is 1. The highest BCUT2D eigenvalue weighted by Crippen LogP contribution is 2.24. The van der Waals surface area contributed by atoms with Gasteiger partial charge in [-0.1, -0.05) is 45.0 Å². The lowest BCUT2D eigenvalue weighted by molar-refractivity contribution is -0.123. The van der Waals surface area contributed by atoms with Crippen LogP contribution in [0.2, 0.25) is 0 Å². The van der Waals surface area contributed by atoms with Crippen molar-refractivity contribution in [3.63, 3.8) is 0 Å². The molecule has 0 aliphatic carbocycles. The summed E-state index contributed by atoms with van der Waals surface area (Å²) in [6, 6.07) is 13.7. The summed E-state index contributed by atoms with van der Waals surface area (Å²) in [4.78, 5) is 11.9. The van der Waals surface area contributed by atoms with E-state index in [4.69, 9.17) is 9.88 Å². The monoisotopic (exact) mass is 376 g/mol. The fourth-order valence-electron chi connectivity index (χ4n) is 2.25. The van der Waals surface area contributed by atoms with Crippen LogP contribution in [0.1, 0.15) is 31.9 Å². The number of ether oxygens (including phenoxy) is 1. The third-order valence-corrected chi connectivity index (χ3v) is 4.76. The minimum atomic E-state index is -3.71. The number of nitrogens with two attached hydrogens (primary N) is 1. The van der Waals surface area contributed by atoms with Crippen LogP contribution < -0.4 is 15.2 Å².